The van der Waals surface area contributed by atoms with Crippen LogP contribution in [0.25, 0.3) is 0 Å². The van der Waals surface area contributed by atoms with E-state index in [-0.39, 0.29) is 22.4 Å². The van der Waals surface area contributed by atoms with Gasteiger partial charge < -0.3 is 10.1 Å². The van der Waals surface area contributed by atoms with Gasteiger partial charge in [-0.05, 0) is 44.0 Å². The molecule has 1 saturated heterocycles. The highest BCUT2D eigenvalue weighted by molar-refractivity contribution is 7.96. The van der Waals surface area contributed by atoms with Gasteiger partial charge in [0.15, 0.2) is 19.7 Å². The van der Waals surface area contributed by atoms with Crippen LogP contribution in [0.2, 0.25) is 0 Å². The second-order valence-corrected chi connectivity index (χ2v) is 11.5. The summed E-state index contributed by atoms with van der Waals surface area (Å²) in [5.41, 5.74) is 0. The van der Waals surface area contributed by atoms with Gasteiger partial charge >= 0.3 is 0 Å². The van der Waals surface area contributed by atoms with Crippen molar-refractivity contribution in [2.24, 2.45) is 0 Å². The van der Waals surface area contributed by atoms with Crippen molar-refractivity contribution in [1.82, 2.24) is 5.32 Å². The maximum absolute atomic E-state index is 13.1. The Labute approximate surface area is 156 Å². The first kappa shape index (κ1) is 19.6. The molecule has 0 bridgehead atoms. The van der Waals surface area contributed by atoms with Gasteiger partial charge in [0, 0.05) is 12.1 Å². The summed E-state index contributed by atoms with van der Waals surface area (Å²) in [6.07, 6.45) is 5.36. The Hall–Kier alpha value is -1.12. The summed E-state index contributed by atoms with van der Waals surface area (Å²) in [5.74, 6) is 0.180. The lowest BCUT2D eigenvalue weighted by Gasteiger charge is -2.28. The van der Waals surface area contributed by atoms with Crippen LogP contribution in [0.15, 0.2) is 29.2 Å². The molecule has 1 N–H and O–H groups in total. The summed E-state index contributed by atoms with van der Waals surface area (Å²) < 4.78 is 55.9. The predicted octanol–water partition coefficient (Wildman–Crippen LogP) is 1.95. The molecule has 2 fully saturated rings. The molecule has 0 unspecified atom stereocenters. The summed E-state index contributed by atoms with van der Waals surface area (Å²) in [5, 5.41) is 2.41. The number of ether oxygens (including phenoxy) is 1. The van der Waals surface area contributed by atoms with Gasteiger partial charge in [-0.3, -0.25) is 0 Å². The van der Waals surface area contributed by atoms with Gasteiger partial charge in [-0.25, -0.2) is 16.8 Å². The molecule has 1 saturated carbocycles. The molecular formula is C18H27NO5S2. The maximum Gasteiger partial charge on any atom is 0.183 e. The first-order valence-electron chi connectivity index (χ1n) is 9.25. The fourth-order valence-electron chi connectivity index (χ4n) is 3.92. The molecule has 146 valence electrons. The number of hydrogen-bond donors (Lipinski definition) is 1. The van der Waals surface area contributed by atoms with E-state index in [2.05, 4.69) is 5.32 Å². The monoisotopic (exact) mass is 401 g/mol. The molecule has 0 aromatic heterocycles. The van der Waals surface area contributed by atoms with E-state index >= 15 is 0 Å². The first-order chi connectivity index (χ1) is 12.3. The molecule has 3 rings (SSSR count). The van der Waals surface area contributed by atoms with Crippen molar-refractivity contribution in [3.05, 3.63) is 24.3 Å². The Bertz CT molecular complexity index is 812. The minimum Gasteiger partial charge on any atom is -0.494 e. The zero-order chi connectivity index (χ0) is 18.8. The van der Waals surface area contributed by atoms with Crippen molar-refractivity contribution >= 4 is 19.7 Å². The summed E-state index contributed by atoms with van der Waals surface area (Å²) in [6.45, 7) is 2.36. The van der Waals surface area contributed by atoms with Crippen molar-refractivity contribution in [1.29, 1.82) is 0 Å². The number of hydrogen-bond acceptors (Lipinski definition) is 6. The highest BCUT2D eigenvalue weighted by Gasteiger charge is 2.46. The standard InChI is InChI=1S/C18H27NO5S2/c1-2-24-15-8-10-16(11-9-15)26(22,23)18-13-25(20,21)12-17(18)19-14-6-4-3-5-7-14/h8-11,14,17-19H,2-7,12-13H2,1H3/t17-,18-/m1/s1. The van der Waals surface area contributed by atoms with Crippen LogP contribution in [0.3, 0.4) is 0 Å². The normalized spacial score (nSPS) is 26.7. The molecule has 6 nitrogen and oxygen atoms in total. The fourth-order valence-corrected chi connectivity index (χ4v) is 8.59. The van der Waals surface area contributed by atoms with Crippen LogP contribution >= 0.6 is 0 Å². The summed E-state index contributed by atoms with van der Waals surface area (Å²) in [7, 11) is -7.11. The third-order valence-corrected chi connectivity index (χ3v) is 9.38. The highest BCUT2D eigenvalue weighted by Crippen LogP contribution is 2.29. The smallest absolute Gasteiger partial charge is 0.183 e. The molecule has 26 heavy (non-hydrogen) atoms. The molecule has 1 aromatic rings. The van der Waals surface area contributed by atoms with Crippen LogP contribution in [-0.4, -0.2) is 52.3 Å². The van der Waals surface area contributed by atoms with Crippen molar-refractivity contribution in [3.8, 4) is 5.75 Å². The average molecular weight is 402 g/mol. The predicted molar refractivity (Wildman–Crippen MR) is 101 cm³/mol. The third-order valence-electron chi connectivity index (χ3n) is 5.22. The van der Waals surface area contributed by atoms with Gasteiger partial charge in [0.1, 0.15) is 5.75 Å². The molecule has 1 aliphatic carbocycles. The van der Waals surface area contributed by atoms with Crippen LogP contribution in [0.1, 0.15) is 39.0 Å². The van der Waals surface area contributed by atoms with Gasteiger partial charge in [0.25, 0.3) is 0 Å². The van der Waals surface area contributed by atoms with Crippen LogP contribution < -0.4 is 10.1 Å². The van der Waals surface area contributed by atoms with Gasteiger partial charge in [-0.1, -0.05) is 19.3 Å². The molecule has 0 amide bonds. The summed E-state index contributed by atoms with van der Waals surface area (Å²) in [6, 6.07) is 5.90. The van der Waals surface area contributed by atoms with Gasteiger partial charge in [-0.15, -0.1) is 0 Å². The van der Waals surface area contributed by atoms with Crippen LogP contribution in [0.4, 0.5) is 0 Å². The molecular weight excluding hydrogens is 374 g/mol. The van der Waals surface area contributed by atoms with Crippen LogP contribution in [-0.2, 0) is 19.7 Å². The minimum absolute atomic E-state index is 0.107. The van der Waals surface area contributed by atoms with E-state index in [9.17, 15) is 16.8 Å². The van der Waals surface area contributed by atoms with Crippen LogP contribution in [0, 0.1) is 0 Å². The van der Waals surface area contributed by atoms with Gasteiger partial charge in [-0.2, -0.15) is 0 Å². The molecule has 1 aromatic carbocycles. The fraction of sp³-hybridized carbons (Fsp3) is 0.667. The van der Waals surface area contributed by atoms with E-state index in [1.54, 1.807) is 12.1 Å². The lowest BCUT2D eigenvalue weighted by atomic mass is 9.95. The Morgan fingerprint density at radius 3 is 2.35 bits per heavy atom. The first-order valence-corrected chi connectivity index (χ1v) is 12.6. The largest absolute Gasteiger partial charge is 0.494 e. The van der Waals surface area contributed by atoms with Crippen LogP contribution in [0.5, 0.6) is 5.75 Å². The molecule has 1 heterocycles. The molecule has 1 aliphatic heterocycles. The summed E-state index contributed by atoms with van der Waals surface area (Å²) >= 11 is 0. The Balaban J connectivity index is 1.82. The SMILES string of the molecule is CCOc1ccc(S(=O)(=O)[C@@H]2CS(=O)(=O)C[C@H]2NC2CCCCC2)cc1. The Kier molecular flexibility index (Phi) is 5.94. The van der Waals surface area contributed by atoms with E-state index in [0.717, 1.165) is 25.7 Å². The van der Waals surface area contributed by atoms with Gasteiger partial charge in [0.2, 0.25) is 0 Å². The van der Waals surface area contributed by atoms with Crippen molar-refractivity contribution in [2.45, 2.75) is 61.3 Å². The number of nitrogens with one attached hydrogen (secondary N) is 1. The van der Waals surface area contributed by atoms with Crippen molar-refractivity contribution < 1.29 is 21.6 Å². The zero-order valence-corrected chi connectivity index (χ0v) is 16.7. The lowest BCUT2D eigenvalue weighted by molar-refractivity contribution is 0.340. The van der Waals surface area contributed by atoms with E-state index in [1.807, 2.05) is 6.92 Å². The van der Waals surface area contributed by atoms with E-state index in [1.165, 1.54) is 18.6 Å². The lowest BCUT2D eigenvalue weighted by Crippen LogP contribution is -2.48. The number of rotatable bonds is 6. The molecule has 8 heteroatoms. The maximum atomic E-state index is 13.1. The average Bonchev–Trinajstić information content (AvgIpc) is 2.92. The van der Waals surface area contributed by atoms with E-state index in [0.29, 0.717) is 12.4 Å². The molecule has 2 aliphatic rings. The van der Waals surface area contributed by atoms with E-state index in [4.69, 9.17) is 4.74 Å². The molecule has 0 spiro atoms. The van der Waals surface area contributed by atoms with E-state index < -0.39 is 31.0 Å². The molecule has 2 atom stereocenters. The molecule has 0 radical (unpaired) electrons. The minimum atomic E-state index is -3.74. The second kappa shape index (κ2) is 7.86. The number of benzene rings is 1. The third kappa shape index (κ3) is 4.40. The van der Waals surface area contributed by atoms with Crippen molar-refractivity contribution in [3.63, 3.8) is 0 Å². The van der Waals surface area contributed by atoms with Gasteiger partial charge in [0.05, 0.1) is 28.3 Å². The zero-order valence-electron chi connectivity index (χ0n) is 15.1. The van der Waals surface area contributed by atoms with Crippen molar-refractivity contribution in [2.75, 3.05) is 18.1 Å². The summed E-state index contributed by atoms with van der Waals surface area (Å²) in [4.78, 5) is 0.151. The highest BCUT2D eigenvalue weighted by atomic mass is 32.2. The quantitative estimate of drug-likeness (QED) is 0.784. The Morgan fingerprint density at radius 1 is 1.08 bits per heavy atom. The Morgan fingerprint density at radius 2 is 1.73 bits per heavy atom. The number of sulfone groups is 2. The topological polar surface area (TPSA) is 89.5 Å². The second-order valence-electron chi connectivity index (χ2n) is 7.17.